The maximum absolute atomic E-state index is 11.2. The molecule has 0 aliphatic carbocycles. The SMILES string of the molecule is COC(=O)[C@@](C)(O)c1ccc(Cl)cc1. The van der Waals surface area contributed by atoms with Crippen molar-refractivity contribution in [2.75, 3.05) is 7.11 Å². The number of aliphatic hydroxyl groups is 1. The molecule has 0 unspecified atom stereocenters. The van der Waals surface area contributed by atoms with Crippen LogP contribution in [-0.2, 0) is 15.1 Å². The Morgan fingerprint density at radius 3 is 2.36 bits per heavy atom. The molecule has 76 valence electrons. The second kappa shape index (κ2) is 3.98. The minimum absolute atomic E-state index is 0.453. The van der Waals surface area contributed by atoms with Crippen LogP contribution in [0, 0.1) is 0 Å². The molecule has 0 amide bonds. The maximum Gasteiger partial charge on any atom is 0.342 e. The first kappa shape index (κ1) is 11.0. The number of methoxy groups -OCH3 is 1. The minimum Gasteiger partial charge on any atom is -0.467 e. The molecule has 3 nitrogen and oxygen atoms in total. The fraction of sp³-hybridized carbons (Fsp3) is 0.300. The van der Waals surface area contributed by atoms with Gasteiger partial charge in [0.05, 0.1) is 7.11 Å². The third kappa shape index (κ3) is 2.05. The van der Waals surface area contributed by atoms with Crippen LogP contribution in [0.5, 0.6) is 0 Å². The minimum atomic E-state index is -1.63. The van der Waals surface area contributed by atoms with Crippen molar-refractivity contribution in [3.05, 3.63) is 34.9 Å². The van der Waals surface area contributed by atoms with E-state index >= 15 is 0 Å². The summed E-state index contributed by atoms with van der Waals surface area (Å²) in [4.78, 5) is 11.2. The van der Waals surface area contributed by atoms with E-state index in [0.29, 0.717) is 10.6 Å². The van der Waals surface area contributed by atoms with Crippen LogP contribution in [0.3, 0.4) is 0 Å². The van der Waals surface area contributed by atoms with Crippen LogP contribution in [-0.4, -0.2) is 18.2 Å². The molecule has 1 aromatic carbocycles. The Labute approximate surface area is 87.3 Å². The summed E-state index contributed by atoms with van der Waals surface area (Å²) in [7, 11) is 1.23. The van der Waals surface area contributed by atoms with E-state index in [-0.39, 0.29) is 0 Å². The zero-order valence-corrected chi connectivity index (χ0v) is 8.71. The molecular formula is C10H11ClO3. The van der Waals surface area contributed by atoms with Gasteiger partial charge < -0.3 is 9.84 Å². The molecule has 4 heteroatoms. The second-order valence-electron chi connectivity index (χ2n) is 3.07. The summed E-state index contributed by atoms with van der Waals surface area (Å²) >= 11 is 5.68. The van der Waals surface area contributed by atoms with E-state index in [4.69, 9.17) is 11.6 Å². The quantitative estimate of drug-likeness (QED) is 0.763. The molecule has 0 aliphatic heterocycles. The van der Waals surface area contributed by atoms with Gasteiger partial charge in [0, 0.05) is 5.02 Å². The number of hydrogen-bond acceptors (Lipinski definition) is 3. The topological polar surface area (TPSA) is 46.5 Å². The Balaban J connectivity index is 3.03. The largest absolute Gasteiger partial charge is 0.467 e. The molecule has 14 heavy (non-hydrogen) atoms. The maximum atomic E-state index is 11.2. The lowest BCUT2D eigenvalue weighted by atomic mass is 9.96. The Kier molecular flexibility index (Phi) is 3.13. The van der Waals surface area contributed by atoms with Gasteiger partial charge in [-0.2, -0.15) is 0 Å². The van der Waals surface area contributed by atoms with Gasteiger partial charge in [-0.05, 0) is 24.6 Å². The number of hydrogen-bond donors (Lipinski definition) is 1. The van der Waals surface area contributed by atoms with Crippen LogP contribution in [0.1, 0.15) is 12.5 Å². The lowest BCUT2D eigenvalue weighted by molar-refractivity contribution is -0.161. The van der Waals surface area contributed by atoms with E-state index in [1.54, 1.807) is 24.3 Å². The van der Waals surface area contributed by atoms with Gasteiger partial charge in [-0.25, -0.2) is 4.79 Å². The third-order valence-electron chi connectivity index (χ3n) is 1.99. The molecular weight excluding hydrogens is 204 g/mol. The van der Waals surface area contributed by atoms with Crippen LogP contribution >= 0.6 is 11.6 Å². The van der Waals surface area contributed by atoms with Gasteiger partial charge in [0.25, 0.3) is 0 Å². The van der Waals surface area contributed by atoms with Crippen LogP contribution < -0.4 is 0 Å². The van der Waals surface area contributed by atoms with E-state index < -0.39 is 11.6 Å². The van der Waals surface area contributed by atoms with Gasteiger partial charge in [0.15, 0.2) is 5.60 Å². The summed E-state index contributed by atoms with van der Waals surface area (Å²) in [6.07, 6.45) is 0. The number of halogens is 1. The molecule has 0 aromatic heterocycles. The first-order valence-corrected chi connectivity index (χ1v) is 4.43. The zero-order chi connectivity index (χ0) is 10.8. The van der Waals surface area contributed by atoms with Crippen molar-refractivity contribution in [1.29, 1.82) is 0 Å². The normalized spacial score (nSPS) is 14.6. The van der Waals surface area contributed by atoms with Crippen LogP contribution in [0.15, 0.2) is 24.3 Å². The summed E-state index contributed by atoms with van der Waals surface area (Å²) < 4.78 is 4.48. The molecule has 1 N–H and O–H groups in total. The predicted molar refractivity (Wildman–Crippen MR) is 53.0 cm³/mol. The smallest absolute Gasteiger partial charge is 0.342 e. The first-order valence-electron chi connectivity index (χ1n) is 4.05. The number of esters is 1. The average molecular weight is 215 g/mol. The van der Waals surface area contributed by atoms with E-state index in [0.717, 1.165) is 0 Å². The number of carbonyl (C=O) groups excluding carboxylic acids is 1. The molecule has 0 radical (unpaired) electrons. The third-order valence-corrected chi connectivity index (χ3v) is 2.24. The van der Waals surface area contributed by atoms with E-state index in [2.05, 4.69) is 4.74 Å². The average Bonchev–Trinajstić information content (AvgIpc) is 2.17. The molecule has 0 aliphatic rings. The van der Waals surface area contributed by atoms with Gasteiger partial charge in [-0.15, -0.1) is 0 Å². The summed E-state index contributed by atoms with van der Waals surface area (Å²) in [6, 6.07) is 6.38. The summed E-state index contributed by atoms with van der Waals surface area (Å²) in [6.45, 7) is 1.38. The molecule has 0 saturated carbocycles. The fourth-order valence-electron chi connectivity index (χ4n) is 1.09. The van der Waals surface area contributed by atoms with Crippen molar-refractivity contribution in [3.8, 4) is 0 Å². The van der Waals surface area contributed by atoms with Crippen molar-refractivity contribution in [2.45, 2.75) is 12.5 Å². The highest BCUT2D eigenvalue weighted by atomic mass is 35.5. The lowest BCUT2D eigenvalue weighted by Gasteiger charge is -2.20. The molecule has 0 heterocycles. The van der Waals surface area contributed by atoms with Crippen LogP contribution in [0.2, 0.25) is 5.02 Å². The second-order valence-corrected chi connectivity index (χ2v) is 3.51. The van der Waals surface area contributed by atoms with Crippen molar-refractivity contribution in [1.82, 2.24) is 0 Å². The Hall–Kier alpha value is -1.06. The molecule has 0 spiro atoms. The van der Waals surface area contributed by atoms with Crippen molar-refractivity contribution in [3.63, 3.8) is 0 Å². The predicted octanol–water partition coefficient (Wildman–Crippen LogP) is 1.72. The van der Waals surface area contributed by atoms with Crippen molar-refractivity contribution in [2.24, 2.45) is 0 Å². The van der Waals surface area contributed by atoms with E-state index in [9.17, 15) is 9.90 Å². The summed E-state index contributed by atoms with van der Waals surface area (Å²) in [5.74, 6) is -0.695. The van der Waals surface area contributed by atoms with E-state index in [1.807, 2.05) is 0 Å². The van der Waals surface area contributed by atoms with Gasteiger partial charge in [0.1, 0.15) is 0 Å². The monoisotopic (exact) mass is 214 g/mol. The highest BCUT2D eigenvalue weighted by Gasteiger charge is 2.33. The summed E-state index contributed by atoms with van der Waals surface area (Å²) in [5.41, 5.74) is -1.17. The lowest BCUT2D eigenvalue weighted by Crippen LogP contribution is -2.33. The number of carbonyl (C=O) groups is 1. The molecule has 1 aromatic rings. The van der Waals surface area contributed by atoms with Gasteiger partial charge >= 0.3 is 5.97 Å². The Morgan fingerprint density at radius 2 is 1.93 bits per heavy atom. The van der Waals surface area contributed by atoms with Crippen molar-refractivity contribution >= 4 is 17.6 Å². The number of rotatable bonds is 2. The summed E-state index contributed by atoms with van der Waals surface area (Å²) in [5, 5.41) is 10.4. The van der Waals surface area contributed by atoms with Crippen LogP contribution in [0.25, 0.3) is 0 Å². The highest BCUT2D eigenvalue weighted by Crippen LogP contribution is 2.23. The Bertz CT molecular complexity index is 330. The fourth-order valence-corrected chi connectivity index (χ4v) is 1.22. The van der Waals surface area contributed by atoms with E-state index in [1.165, 1.54) is 14.0 Å². The van der Waals surface area contributed by atoms with Crippen LogP contribution in [0.4, 0.5) is 0 Å². The number of benzene rings is 1. The standard InChI is InChI=1S/C10H11ClO3/c1-10(13,9(12)14-2)7-3-5-8(11)6-4-7/h3-6,13H,1-2H3/t10-/m0/s1. The molecule has 1 atom stereocenters. The molecule has 0 fully saturated rings. The van der Waals surface area contributed by atoms with Gasteiger partial charge in [-0.1, -0.05) is 23.7 Å². The number of ether oxygens (including phenoxy) is 1. The Morgan fingerprint density at radius 1 is 1.43 bits per heavy atom. The molecule has 0 bridgehead atoms. The zero-order valence-electron chi connectivity index (χ0n) is 7.95. The van der Waals surface area contributed by atoms with Gasteiger partial charge in [-0.3, -0.25) is 0 Å². The first-order chi connectivity index (χ1) is 6.48. The molecule has 0 saturated heterocycles. The van der Waals surface area contributed by atoms with Crippen molar-refractivity contribution < 1.29 is 14.6 Å². The highest BCUT2D eigenvalue weighted by molar-refractivity contribution is 6.30. The molecule has 1 rings (SSSR count). The van der Waals surface area contributed by atoms with Gasteiger partial charge in [0.2, 0.25) is 0 Å².